The predicted molar refractivity (Wildman–Crippen MR) is 121 cm³/mol. The van der Waals surface area contributed by atoms with Crippen molar-refractivity contribution in [3.63, 3.8) is 0 Å². The van der Waals surface area contributed by atoms with Gasteiger partial charge in [0.15, 0.2) is 0 Å². The second-order valence-corrected chi connectivity index (χ2v) is 7.36. The second-order valence-electron chi connectivity index (χ2n) is 7.36. The summed E-state index contributed by atoms with van der Waals surface area (Å²) in [5.41, 5.74) is 4.22. The Morgan fingerprint density at radius 1 is 0.967 bits per heavy atom. The van der Waals surface area contributed by atoms with Gasteiger partial charge in [0.25, 0.3) is 0 Å². The van der Waals surface area contributed by atoms with Crippen LogP contribution in [0.2, 0.25) is 0 Å². The quantitative estimate of drug-likeness (QED) is 0.412. The van der Waals surface area contributed by atoms with E-state index in [1.165, 1.54) is 5.56 Å². The summed E-state index contributed by atoms with van der Waals surface area (Å²) in [4.78, 5) is 4.82. The van der Waals surface area contributed by atoms with Crippen LogP contribution in [-0.4, -0.2) is 27.4 Å². The van der Waals surface area contributed by atoms with Crippen LogP contribution in [0.15, 0.2) is 91.5 Å². The van der Waals surface area contributed by atoms with Gasteiger partial charge in [-0.05, 0) is 35.7 Å². The van der Waals surface area contributed by atoms with Crippen molar-refractivity contribution < 1.29 is 9.84 Å². The fourth-order valence-corrected chi connectivity index (χ4v) is 3.66. The van der Waals surface area contributed by atoms with Crippen molar-refractivity contribution in [3.05, 3.63) is 108 Å². The molecule has 0 bridgehead atoms. The first-order valence-electron chi connectivity index (χ1n) is 10.2. The van der Waals surface area contributed by atoms with Gasteiger partial charge in [-0.1, -0.05) is 66.7 Å². The Bertz CT molecular complexity index is 1120. The van der Waals surface area contributed by atoms with E-state index in [-0.39, 0.29) is 6.61 Å². The lowest BCUT2D eigenvalue weighted by Gasteiger charge is -2.17. The zero-order valence-corrected chi connectivity index (χ0v) is 16.9. The van der Waals surface area contributed by atoms with Crippen LogP contribution in [0.25, 0.3) is 11.0 Å². The standard InChI is InChI=1S/C26H26N2O2/c1-2-10-21-13-6-9-16-25(21)30-19-22(29)18-28-24-15-8-7-14-23(24)27-26(28)17-20-11-4-3-5-12-20/h2-9,11-16,22,29H,1,10,17-19H2/t22-/m1/s1. The minimum atomic E-state index is -0.658. The first-order valence-corrected chi connectivity index (χ1v) is 10.2. The smallest absolute Gasteiger partial charge is 0.122 e. The Morgan fingerprint density at radius 2 is 1.70 bits per heavy atom. The van der Waals surface area contributed by atoms with Gasteiger partial charge in [-0.25, -0.2) is 4.98 Å². The van der Waals surface area contributed by atoms with Crippen LogP contribution in [-0.2, 0) is 19.4 Å². The molecule has 1 aromatic heterocycles. The molecule has 0 aliphatic rings. The van der Waals surface area contributed by atoms with Gasteiger partial charge < -0.3 is 14.4 Å². The van der Waals surface area contributed by atoms with Crippen molar-refractivity contribution in [2.24, 2.45) is 0 Å². The Balaban J connectivity index is 1.52. The van der Waals surface area contributed by atoms with Crippen LogP contribution in [0, 0.1) is 0 Å². The summed E-state index contributed by atoms with van der Waals surface area (Å²) < 4.78 is 8.04. The van der Waals surface area contributed by atoms with Gasteiger partial charge in [0.1, 0.15) is 24.3 Å². The first kappa shape index (κ1) is 19.9. The number of fused-ring (bicyclic) bond motifs is 1. The van der Waals surface area contributed by atoms with E-state index in [1.54, 1.807) is 0 Å². The van der Waals surface area contributed by atoms with Crippen molar-refractivity contribution in [1.82, 2.24) is 9.55 Å². The minimum absolute atomic E-state index is 0.214. The fraction of sp³-hybridized carbons (Fsp3) is 0.192. The van der Waals surface area contributed by atoms with Crippen LogP contribution < -0.4 is 4.74 Å². The Morgan fingerprint density at radius 3 is 2.53 bits per heavy atom. The maximum Gasteiger partial charge on any atom is 0.122 e. The maximum absolute atomic E-state index is 10.8. The number of hydrogen-bond donors (Lipinski definition) is 1. The molecule has 0 saturated heterocycles. The average Bonchev–Trinajstić information content (AvgIpc) is 3.11. The average molecular weight is 399 g/mol. The molecule has 1 atom stereocenters. The molecule has 0 amide bonds. The molecule has 0 fully saturated rings. The van der Waals surface area contributed by atoms with Gasteiger partial charge in [-0.2, -0.15) is 0 Å². The SMILES string of the molecule is C=CCc1ccccc1OC[C@H](O)Cn1c(Cc2ccccc2)nc2ccccc21. The molecular formula is C26H26N2O2. The molecule has 4 heteroatoms. The van der Waals surface area contributed by atoms with Crippen LogP contribution in [0.4, 0.5) is 0 Å². The zero-order valence-electron chi connectivity index (χ0n) is 16.9. The second kappa shape index (κ2) is 9.42. The normalized spacial score (nSPS) is 12.0. The van der Waals surface area contributed by atoms with Crippen molar-refractivity contribution in [3.8, 4) is 5.75 Å². The molecule has 0 unspecified atom stereocenters. The van der Waals surface area contributed by atoms with Crippen molar-refractivity contribution in [2.45, 2.75) is 25.5 Å². The third-order valence-electron chi connectivity index (χ3n) is 5.10. The minimum Gasteiger partial charge on any atom is -0.491 e. The summed E-state index contributed by atoms with van der Waals surface area (Å²) in [6.45, 7) is 4.44. The number of hydrogen-bond acceptors (Lipinski definition) is 3. The highest BCUT2D eigenvalue weighted by Crippen LogP contribution is 2.21. The number of rotatable bonds is 9. The lowest BCUT2D eigenvalue weighted by molar-refractivity contribution is 0.0924. The van der Waals surface area contributed by atoms with Crippen LogP contribution >= 0.6 is 0 Å². The molecule has 1 N–H and O–H groups in total. The molecule has 0 aliphatic heterocycles. The molecule has 1 heterocycles. The summed E-state index contributed by atoms with van der Waals surface area (Å²) in [5.74, 6) is 1.73. The predicted octanol–water partition coefficient (Wildman–Crippen LogP) is 4.80. The van der Waals surface area contributed by atoms with Gasteiger partial charge in [-0.15, -0.1) is 6.58 Å². The zero-order chi connectivity index (χ0) is 20.8. The van der Waals surface area contributed by atoms with E-state index < -0.39 is 6.10 Å². The van der Waals surface area contributed by atoms with Gasteiger partial charge in [0.2, 0.25) is 0 Å². The molecule has 152 valence electrons. The fourth-order valence-electron chi connectivity index (χ4n) is 3.66. The summed E-state index contributed by atoms with van der Waals surface area (Å²) in [5, 5.41) is 10.8. The molecular weight excluding hydrogens is 372 g/mol. The van der Waals surface area contributed by atoms with E-state index >= 15 is 0 Å². The lowest BCUT2D eigenvalue weighted by Crippen LogP contribution is -2.25. The topological polar surface area (TPSA) is 47.3 Å². The summed E-state index contributed by atoms with van der Waals surface area (Å²) in [6.07, 6.45) is 2.64. The number of aliphatic hydroxyl groups is 1. The monoisotopic (exact) mass is 398 g/mol. The molecule has 0 spiro atoms. The number of allylic oxidation sites excluding steroid dienone is 1. The highest BCUT2D eigenvalue weighted by Gasteiger charge is 2.15. The van der Waals surface area contributed by atoms with Crippen LogP contribution in [0.1, 0.15) is 17.0 Å². The van der Waals surface area contributed by atoms with E-state index in [4.69, 9.17) is 9.72 Å². The summed E-state index contributed by atoms with van der Waals surface area (Å²) in [6, 6.07) is 26.2. The highest BCUT2D eigenvalue weighted by atomic mass is 16.5. The third kappa shape index (κ3) is 4.61. The number of aliphatic hydroxyl groups excluding tert-OH is 1. The molecule has 3 aromatic carbocycles. The molecule has 0 radical (unpaired) electrons. The van der Waals surface area contributed by atoms with Crippen LogP contribution in [0.5, 0.6) is 5.75 Å². The third-order valence-corrected chi connectivity index (χ3v) is 5.10. The van der Waals surface area contributed by atoms with E-state index in [9.17, 15) is 5.11 Å². The largest absolute Gasteiger partial charge is 0.491 e. The van der Waals surface area contributed by atoms with E-state index in [0.717, 1.165) is 34.6 Å². The van der Waals surface area contributed by atoms with Crippen molar-refractivity contribution in [2.75, 3.05) is 6.61 Å². The number of ether oxygens (including phenoxy) is 1. The Labute approximate surface area is 177 Å². The van der Waals surface area contributed by atoms with E-state index in [2.05, 4.69) is 23.3 Å². The van der Waals surface area contributed by atoms with Gasteiger partial charge in [-0.3, -0.25) is 0 Å². The maximum atomic E-state index is 10.8. The van der Waals surface area contributed by atoms with Crippen molar-refractivity contribution in [1.29, 1.82) is 0 Å². The van der Waals surface area contributed by atoms with Gasteiger partial charge in [0, 0.05) is 6.42 Å². The van der Waals surface area contributed by atoms with E-state index in [0.29, 0.717) is 13.0 Å². The molecule has 4 nitrogen and oxygen atoms in total. The van der Waals surface area contributed by atoms with Gasteiger partial charge >= 0.3 is 0 Å². The van der Waals surface area contributed by atoms with E-state index in [1.807, 2.05) is 72.8 Å². The summed E-state index contributed by atoms with van der Waals surface area (Å²) in [7, 11) is 0. The molecule has 4 rings (SSSR count). The van der Waals surface area contributed by atoms with Crippen molar-refractivity contribution >= 4 is 11.0 Å². The number of benzene rings is 3. The Kier molecular flexibility index (Phi) is 6.26. The number of para-hydroxylation sites is 3. The first-order chi connectivity index (χ1) is 14.7. The molecule has 30 heavy (non-hydrogen) atoms. The van der Waals surface area contributed by atoms with Crippen LogP contribution in [0.3, 0.4) is 0 Å². The van der Waals surface area contributed by atoms with Gasteiger partial charge in [0.05, 0.1) is 17.6 Å². The summed E-state index contributed by atoms with van der Waals surface area (Å²) >= 11 is 0. The number of imidazole rings is 1. The number of aromatic nitrogens is 2. The lowest BCUT2D eigenvalue weighted by atomic mass is 10.1. The number of nitrogens with zero attached hydrogens (tertiary/aromatic N) is 2. The highest BCUT2D eigenvalue weighted by molar-refractivity contribution is 5.76. The molecule has 0 saturated carbocycles. The molecule has 4 aromatic rings. The Hall–Kier alpha value is -3.37. The molecule has 0 aliphatic carbocycles.